The molecule has 6 heteroatoms. The highest BCUT2D eigenvalue weighted by molar-refractivity contribution is 7.12. The summed E-state index contributed by atoms with van der Waals surface area (Å²) in [4.78, 5) is 24.8. The number of rotatable bonds is 7. The number of nitrogens with one attached hydrogen (secondary N) is 1. The number of hydrogen-bond acceptors (Lipinski definition) is 5. The molecule has 2 rings (SSSR count). The minimum absolute atomic E-state index is 0.0788. The van der Waals surface area contributed by atoms with Crippen LogP contribution in [0.1, 0.15) is 21.0 Å². The second-order valence-electron chi connectivity index (χ2n) is 4.06. The molecule has 0 aromatic carbocycles. The van der Waals surface area contributed by atoms with Crippen LogP contribution in [0.2, 0.25) is 0 Å². The SMILES string of the molecule is O=C(Cc1cccs1)OCCCNC(=O)c1cccs1. The van der Waals surface area contributed by atoms with Crippen LogP contribution in [-0.2, 0) is 16.0 Å². The summed E-state index contributed by atoms with van der Waals surface area (Å²) in [6.45, 7) is 0.831. The zero-order valence-electron chi connectivity index (χ0n) is 10.8. The molecular formula is C14H15NO3S2. The molecule has 1 N–H and O–H groups in total. The van der Waals surface area contributed by atoms with Gasteiger partial charge >= 0.3 is 5.97 Å². The van der Waals surface area contributed by atoms with Gasteiger partial charge in [0.25, 0.3) is 5.91 Å². The number of ether oxygens (including phenoxy) is 1. The third-order valence-electron chi connectivity index (χ3n) is 2.51. The zero-order chi connectivity index (χ0) is 14.2. The lowest BCUT2D eigenvalue weighted by Gasteiger charge is -2.05. The molecule has 0 aliphatic heterocycles. The molecule has 0 aliphatic rings. The Labute approximate surface area is 125 Å². The highest BCUT2D eigenvalue weighted by atomic mass is 32.1. The van der Waals surface area contributed by atoms with Gasteiger partial charge in [0.05, 0.1) is 17.9 Å². The van der Waals surface area contributed by atoms with Gasteiger partial charge in [-0.2, -0.15) is 0 Å². The number of thiophene rings is 2. The largest absolute Gasteiger partial charge is 0.465 e. The molecule has 0 aliphatic carbocycles. The molecule has 1 amide bonds. The van der Waals surface area contributed by atoms with Gasteiger partial charge in [-0.05, 0) is 29.3 Å². The Morgan fingerprint density at radius 1 is 1.15 bits per heavy atom. The van der Waals surface area contributed by atoms with E-state index in [4.69, 9.17) is 4.74 Å². The van der Waals surface area contributed by atoms with Crippen molar-refractivity contribution in [2.24, 2.45) is 0 Å². The lowest BCUT2D eigenvalue weighted by molar-refractivity contribution is -0.142. The number of hydrogen-bond donors (Lipinski definition) is 1. The average Bonchev–Trinajstić information content (AvgIpc) is 3.10. The van der Waals surface area contributed by atoms with Crippen molar-refractivity contribution in [2.75, 3.05) is 13.2 Å². The van der Waals surface area contributed by atoms with Gasteiger partial charge in [0.2, 0.25) is 0 Å². The van der Waals surface area contributed by atoms with E-state index < -0.39 is 0 Å². The second-order valence-corrected chi connectivity index (χ2v) is 6.04. The maximum absolute atomic E-state index is 11.6. The minimum atomic E-state index is -0.225. The van der Waals surface area contributed by atoms with Crippen molar-refractivity contribution in [3.63, 3.8) is 0 Å². The Bertz CT molecular complexity index is 535. The van der Waals surface area contributed by atoms with Crippen LogP contribution in [0.4, 0.5) is 0 Å². The molecule has 0 spiro atoms. The predicted octanol–water partition coefficient (Wildman–Crippen LogP) is 2.72. The van der Waals surface area contributed by atoms with E-state index in [1.54, 1.807) is 17.4 Å². The first-order valence-corrected chi connectivity index (χ1v) is 8.01. The molecule has 2 aromatic rings. The zero-order valence-corrected chi connectivity index (χ0v) is 12.5. The standard InChI is InChI=1S/C14H15NO3S2/c16-13(10-11-4-1-8-19-11)18-7-3-6-15-14(17)12-5-2-9-20-12/h1-2,4-5,8-9H,3,6-7,10H2,(H,15,17). The molecule has 4 nitrogen and oxygen atoms in total. The molecule has 2 aromatic heterocycles. The summed E-state index contributed by atoms with van der Waals surface area (Å²) < 4.78 is 5.11. The molecule has 0 saturated heterocycles. The van der Waals surface area contributed by atoms with E-state index in [9.17, 15) is 9.59 Å². The van der Waals surface area contributed by atoms with Crippen molar-refractivity contribution >= 4 is 34.6 Å². The highest BCUT2D eigenvalue weighted by Gasteiger charge is 2.07. The van der Waals surface area contributed by atoms with Crippen LogP contribution >= 0.6 is 22.7 Å². The molecule has 0 saturated carbocycles. The maximum atomic E-state index is 11.6. The van der Waals surface area contributed by atoms with Crippen molar-refractivity contribution in [2.45, 2.75) is 12.8 Å². The average molecular weight is 309 g/mol. The fourth-order valence-corrected chi connectivity index (χ4v) is 2.89. The van der Waals surface area contributed by atoms with Crippen molar-refractivity contribution in [3.05, 3.63) is 44.8 Å². The van der Waals surface area contributed by atoms with Crippen LogP contribution in [0, 0.1) is 0 Å². The molecule has 0 atom stereocenters. The minimum Gasteiger partial charge on any atom is -0.465 e. The fourth-order valence-electron chi connectivity index (χ4n) is 1.56. The Morgan fingerprint density at radius 2 is 1.95 bits per heavy atom. The Balaban J connectivity index is 1.55. The summed E-state index contributed by atoms with van der Waals surface area (Å²) in [5, 5.41) is 6.58. The lowest BCUT2D eigenvalue weighted by atomic mass is 10.3. The van der Waals surface area contributed by atoms with Gasteiger partial charge in [-0.3, -0.25) is 9.59 Å². The normalized spacial score (nSPS) is 10.2. The van der Waals surface area contributed by atoms with Gasteiger partial charge in [0.15, 0.2) is 0 Å². The van der Waals surface area contributed by atoms with E-state index in [0.717, 1.165) is 4.88 Å². The van der Waals surface area contributed by atoms with Gasteiger partial charge < -0.3 is 10.1 Å². The van der Waals surface area contributed by atoms with Crippen LogP contribution in [0.25, 0.3) is 0 Å². The molecule has 0 radical (unpaired) electrons. The van der Waals surface area contributed by atoms with Crippen LogP contribution in [0.15, 0.2) is 35.0 Å². The van der Waals surface area contributed by atoms with Crippen LogP contribution in [-0.4, -0.2) is 25.0 Å². The fraction of sp³-hybridized carbons (Fsp3) is 0.286. The lowest BCUT2D eigenvalue weighted by Crippen LogP contribution is -2.24. The van der Waals surface area contributed by atoms with Gasteiger partial charge in [0.1, 0.15) is 0 Å². The van der Waals surface area contributed by atoms with Crippen molar-refractivity contribution in [1.29, 1.82) is 0 Å². The third kappa shape index (κ3) is 4.79. The number of esters is 1. The topological polar surface area (TPSA) is 55.4 Å². The molecule has 0 fully saturated rings. The van der Waals surface area contributed by atoms with E-state index >= 15 is 0 Å². The predicted molar refractivity (Wildman–Crippen MR) is 80.3 cm³/mol. The van der Waals surface area contributed by atoms with Crippen LogP contribution in [0.3, 0.4) is 0 Å². The number of amides is 1. The Hall–Kier alpha value is -1.66. The first-order chi connectivity index (χ1) is 9.75. The molecular weight excluding hydrogens is 294 g/mol. The van der Waals surface area contributed by atoms with E-state index in [1.807, 2.05) is 29.0 Å². The highest BCUT2D eigenvalue weighted by Crippen LogP contribution is 2.10. The first-order valence-electron chi connectivity index (χ1n) is 6.25. The number of carbonyl (C=O) groups is 2. The molecule has 20 heavy (non-hydrogen) atoms. The van der Waals surface area contributed by atoms with E-state index in [2.05, 4.69) is 5.32 Å². The van der Waals surface area contributed by atoms with Crippen molar-refractivity contribution in [3.8, 4) is 0 Å². The van der Waals surface area contributed by atoms with E-state index in [-0.39, 0.29) is 11.9 Å². The van der Waals surface area contributed by atoms with Crippen LogP contribution in [0.5, 0.6) is 0 Å². The van der Waals surface area contributed by atoms with Gasteiger partial charge in [-0.25, -0.2) is 0 Å². The Kier molecular flexibility index (Phi) is 5.76. The third-order valence-corrected chi connectivity index (χ3v) is 4.26. The van der Waals surface area contributed by atoms with E-state index in [0.29, 0.717) is 30.9 Å². The molecule has 2 heterocycles. The summed E-state index contributed by atoms with van der Waals surface area (Å²) in [7, 11) is 0. The summed E-state index contributed by atoms with van der Waals surface area (Å²) in [5.41, 5.74) is 0. The van der Waals surface area contributed by atoms with Gasteiger partial charge in [-0.15, -0.1) is 22.7 Å². The summed E-state index contributed by atoms with van der Waals surface area (Å²) in [5.74, 6) is -0.304. The van der Waals surface area contributed by atoms with Crippen LogP contribution < -0.4 is 5.32 Å². The molecule has 0 bridgehead atoms. The van der Waals surface area contributed by atoms with Crippen molar-refractivity contribution in [1.82, 2.24) is 5.32 Å². The second kappa shape index (κ2) is 7.81. The van der Waals surface area contributed by atoms with Gasteiger partial charge in [-0.1, -0.05) is 12.1 Å². The first kappa shape index (κ1) is 14.7. The van der Waals surface area contributed by atoms with Crippen molar-refractivity contribution < 1.29 is 14.3 Å². The van der Waals surface area contributed by atoms with E-state index in [1.165, 1.54) is 11.3 Å². The quantitative estimate of drug-likeness (QED) is 0.632. The Morgan fingerprint density at radius 3 is 2.65 bits per heavy atom. The monoisotopic (exact) mass is 309 g/mol. The maximum Gasteiger partial charge on any atom is 0.311 e. The summed E-state index contributed by atoms with van der Waals surface area (Å²) in [6, 6.07) is 7.44. The molecule has 0 unspecified atom stereocenters. The molecule has 106 valence electrons. The van der Waals surface area contributed by atoms with Gasteiger partial charge in [0, 0.05) is 11.4 Å². The summed E-state index contributed by atoms with van der Waals surface area (Å²) in [6.07, 6.45) is 0.937. The summed E-state index contributed by atoms with van der Waals surface area (Å²) >= 11 is 2.95. The number of carbonyl (C=O) groups excluding carboxylic acids is 2. The smallest absolute Gasteiger partial charge is 0.311 e.